The number of pyridine rings is 1. The third kappa shape index (κ3) is 5.25. The van der Waals surface area contributed by atoms with E-state index < -0.39 is 13.9 Å². The fourth-order valence-electron chi connectivity index (χ4n) is 1.68. The Bertz CT molecular complexity index is 510. The lowest BCUT2D eigenvalue weighted by atomic mass is 10.1. The minimum atomic E-state index is -1.77. The van der Waals surface area contributed by atoms with Crippen LogP contribution in [-0.4, -0.2) is 25.5 Å². The smallest absolute Gasteiger partial charge is 0.192 e. The van der Waals surface area contributed by atoms with Gasteiger partial charge in [0.15, 0.2) is 8.32 Å². The Morgan fingerprint density at radius 2 is 1.77 bits per heavy atom. The van der Waals surface area contributed by atoms with Crippen molar-refractivity contribution in [2.45, 2.75) is 71.2 Å². The van der Waals surface area contributed by atoms with Gasteiger partial charge in [0.2, 0.25) is 0 Å². The minimum absolute atomic E-state index is 0.197. The molecule has 22 heavy (non-hydrogen) atoms. The largest absolute Gasteiger partial charge is 0.484 e. The molecule has 0 radical (unpaired) electrons. The first-order valence-electron chi connectivity index (χ1n) is 7.72. The van der Waals surface area contributed by atoms with Crippen LogP contribution < -0.4 is 4.74 Å². The summed E-state index contributed by atoms with van der Waals surface area (Å²) in [5.41, 5.74) is 1.51. The first-order chi connectivity index (χ1) is 9.88. The molecule has 0 bridgehead atoms. The molecule has 1 heterocycles. The number of hydrogen-bond acceptors (Lipinski definition) is 3. The fraction of sp³-hybridized carbons (Fsp3) is 0.706. The molecule has 0 amide bonds. The number of aromatic nitrogens is 1. The summed E-state index contributed by atoms with van der Waals surface area (Å²) in [5, 5.41) is 0.197. The van der Waals surface area contributed by atoms with Gasteiger partial charge in [0.1, 0.15) is 11.4 Å². The first kappa shape index (κ1) is 19.5. The molecule has 0 spiro atoms. The van der Waals surface area contributed by atoms with Crippen LogP contribution in [0.1, 0.15) is 45.9 Å². The van der Waals surface area contributed by atoms with E-state index in [0.29, 0.717) is 12.5 Å². The average Bonchev–Trinajstić information content (AvgIpc) is 2.37. The van der Waals surface area contributed by atoms with Gasteiger partial charge < -0.3 is 9.16 Å². The average molecular weight is 344 g/mol. The number of rotatable bonds is 6. The Hall–Kier alpha value is -0.583. The highest BCUT2D eigenvalue weighted by Crippen LogP contribution is 2.37. The van der Waals surface area contributed by atoms with Gasteiger partial charge in [0.05, 0.1) is 24.4 Å². The molecular weight excluding hydrogens is 314 g/mol. The predicted octanol–water partition coefficient (Wildman–Crippen LogP) is 5.31. The minimum Gasteiger partial charge on any atom is -0.484 e. The summed E-state index contributed by atoms with van der Waals surface area (Å²) in [6, 6.07) is 1.97. The van der Waals surface area contributed by atoms with Crippen LogP contribution in [0.15, 0.2) is 12.3 Å². The highest BCUT2D eigenvalue weighted by atomic mass is 35.5. The van der Waals surface area contributed by atoms with E-state index in [4.69, 9.17) is 20.8 Å². The number of ether oxygens (including phenoxy) is 1. The molecule has 0 atom stereocenters. The van der Waals surface area contributed by atoms with Crippen LogP contribution in [0.3, 0.4) is 0 Å². The molecule has 1 aromatic rings. The van der Waals surface area contributed by atoms with Crippen LogP contribution in [0.25, 0.3) is 0 Å². The zero-order valence-corrected chi connectivity index (χ0v) is 17.0. The van der Waals surface area contributed by atoms with Gasteiger partial charge in [-0.3, -0.25) is 4.98 Å². The summed E-state index contributed by atoms with van der Waals surface area (Å²) >= 11 is 5.81. The third-order valence-corrected chi connectivity index (χ3v) is 8.98. The number of halogens is 1. The third-order valence-electron chi connectivity index (χ3n) is 4.23. The SMILES string of the molecule is Cc1cc(CCl)ncc1OC(C)(C)CO[Si](C)(C)C(C)(C)C. The number of aryl methyl sites for hydroxylation is 1. The first-order valence-corrected chi connectivity index (χ1v) is 11.2. The van der Waals surface area contributed by atoms with Crippen LogP contribution in [-0.2, 0) is 10.3 Å². The monoisotopic (exact) mass is 343 g/mol. The molecule has 1 rings (SSSR count). The van der Waals surface area contributed by atoms with Gasteiger partial charge in [-0.15, -0.1) is 11.6 Å². The maximum absolute atomic E-state index is 6.29. The van der Waals surface area contributed by atoms with Crippen molar-refractivity contribution in [1.82, 2.24) is 4.98 Å². The number of alkyl halides is 1. The second-order valence-electron chi connectivity index (χ2n) is 7.99. The maximum Gasteiger partial charge on any atom is 0.192 e. The van der Waals surface area contributed by atoms with Gasteiger partial charge in [-0.2, -0.15) is 0 Å². The van der Waals surface area contributed by atoms with Crippen molar-refractivity contribution in [3.63, 3.8) is 0 Å². The zero-order chi connectivity index (χ0) is 17.2. The molecule has 0 aliphatic carbocycles. The Kier molecular flexibility index (Phi) is 6.10. The van der Waals surface area contributed by atoms with Crippen LogP contribution in [0, 0.1) is 6.92 Å². The molecule has 0 aliphatic heterocycles. The Morgan fingerprint density at radius 1 is 1.18 bits per heavy atom. The van der Waals surface area contributed by atoms with Crippen molar-refractivity contribution < 1.29 is 9.16 Å². The lowest BCUT2D eigenvalue weighted by Gasteiger charge is -2.39. The van der Waals surface area contributed by atoms with Crippen molar-refractivity contribution in [2.75, 3.05) is 6.61 Å². The summed E-state index contributed by atoms with van der Waals surface area (Å²) in [7, 11) is -1.77. The molecule has 0 saturated carbocycles. The van der Waals surface area contributed by atoms with Gasteiger partial charge in [0, 0.05) is 0 Å². The Balaban J connectivity index is 2.76. The molecule has 0 unspecified atom stereocenters. The van der Waals surface area contributed by atoms with Crippen molar-refractivity contribution >= 4 is 19.9 Å². The van der Waals surface area contributed by atoms with Crippen molar-refractivity contribution in [2.24, 2.45) is 0 Å². The van der Waals surface area contributed by atoms with Crippen LogP contribution in [0.5, 0.6) is 5.75 Å². The molecule has 0 saturated heterocycles. The van der Waals surface area contributed by atoms with Crippen LogP contribution in [0.2, 0.25) is 18.1 Å². The molecule has 0 fully saturated rings. The fourth-order valence-corrected chi connectivity index (χ4v) is 2.97. The van der Waals surface area contributed by atoms with E-state index in [9.17, 15) is 0 Å². The lowest BCUT2D eigenvalue weighted by molar-refractivity contribution is 0.0452. The quantitative estimate of drug-likeness (QED) is 0.518. The highest BCUT2D eigenvalue weighted by Gasteiger charge is 2.38. The van der Waals surface area contributed by atoms with Crippen LogP contribution in [0.4, 0.5) is 0 Å². The van der Waals surface area contributed by atoms with E-state index in [1.807, 2.05) is 13.0 Å². The van der Waals surface area contributed by atoms with Gasteiger partial charge in [-0.25, -0.2) is 0 Å². The Morgan fingerprint density at radius 3 is 2.23 bits per heavy atom. The van der Waals surface area contributed by atoms with Crippen molar-refractivity contribution in [3.05, 3.63) is 23.5 Å². The topological polar surface area (TPSA) is 31.4 Å². The van der Waals surface area contributed by atoms with E-state index in [1.54, 1.807) is 6.20 Å². The second-order valence-corrected chi connectivity index (χ2v) is 13.1. The molecule has 0 aliphatic rings. The maximum atomic E-state index is 6.29. The number of nitrogens with zero attached hydrogens (tertiary/aromatic N) is 1. The molecule has 3 nitrogen and oxygen atoms in total. The molecular formula is C17H30ClNO2Si. The van der Waals surface area contributed by atoms with E-state index in [1.165, 1.54) is 0 Å². The lowest BCUT2D eigenvalue weighted by Crippen LogP contribution is -2.46. The summed E-state index contributed by atoms with van der Waals surface area (Å²) in [5.74, 6) is 1.21. The zero-order valence-electron chi connectivity index (χ0n) is 15.2. The van der Waals surface area contributed by atoms with Crippen molar-refractivity contribution in [1.29, 1.82) is 0 Å². The molecule has 0 aromatic carbocycles. The van der Waals surface area contributed by atoms with Gasteiger partial charge in [-0.05, 0) is 50.5 Å². The highest BCUT2D eigenvalue weighted by molar-refractivity contribution is 6.74. The van der Waals surface area contributed by atoms with Gasteiger partial charge in [-0.1, -0.05) is 20.8 Å². The predicted molar refractivity (Wildman–Crippen MR) is 96.4 cm³/mol. The molecule has 1 aromatic heterocycles. The summed E-state index contributed by atoms with van der Waals surface area (Å²) in [6.07, 6.45) is 1.75. The van der Waals surface area contributed by atoms with Gasteiger partial charge >= 0.3 is 0 Å². The molecule has 0 N–H and O–H groups in total. The standard InChI is InChI=1S/C17H30ClNO2Si/c1-13-9-14(10-18)19-11-15(13)21-17(5,6)12-20-22(7,8)16(2,3)4/h9,11H,10,12H2,1-8H3. The normalized spacial score (nSPS) is 13.3. The van der Waals surface area contributed by atoms with E-state index >= 15 is 0 Å². The van der Waals surface area contributed by atoms with E-state index in [2.05, 4.69) is 52.7 Å². The van der Waals surface area contributed by atoms with E-state index in [-0.39, 0.29) is 5.04 Å². The number of hydrogen-bond donors (Lipinski definition) is 0. The molecule has 126 valence electrons. The molecule has 5 heteroatoms. The van der Waals surface area contributed by atoms with E-state index in [0.717, 1.165) is 17.0 Å². The second kappa shape index (κ2) is 6.89. The summed E-state index contributed by atoms with van der Waals surface area (Å²) in [4.78, 5) is 4.30. The summed E-state index contributed by atoms with van der Waals surface area (Å²) in [6.45, 7) is 17.9. The Labute approximate surface area is 141 Å². The van der Waals surface area contributed by atoms with Gasteiger partial charge in [0.25, 0.3) is 0 Å². The summed E-state index contributed by atoms with van der Waals surface area (Å²) < 4.78 is 12.4. The van der Waals surface area contributed by atoms with Crippen LogP contribution >= 0.6 is 11.6 Å². The van der Waals surface area contributed by atoms with Crippen molar-refractivity contribution in [3.8, 4) is 5.75 Å².